The van der Waals surface area contributed by atoms with E-state index in [9.17, 15) is 4.79 Å². The van der Waals surface area contributed by atoms with E-state index in [2.05, 4.69) is 21.3 Å². The van der Waals surface area contributed by atoms with E-state index >= 15 is 0 Å². The zero-order valence-corrected chi connectivity index (χ0v) is 13.2. The molecule has 22 heavy (non-hydrogen) atoms. The number of hydrogen-bond acceptors (Lipinski definition) is 5. The summed E-state index contributed by atoms with van der Waals surface area (Å²) in [7, 11) is 0. The molecule has 3 rings (SSSR count). The molecule has 3 heterocycles. The van der Waals surface area contributed by atoms with Crippen molar-refractivity contribution < 1.29 is 4.79 Å². The van der Waals surface area contributed by atoms with Crippen LogP contribution in [0.15, 0.2) is 6.07 Å². The van der Waals surface area contributed by atoms with Gasteiger partial charge in [-0.2, -0.15) is 0 Å². The summed E-state index contributed by atoms with van der Waals surface area (Å²) in [5.74, 6) is 2.29. The molecule has 2 aliphatic rings. The molecule has 2 aliphatic heterocycles. The van der Waals surface area contributed by atoms with Crippen molar-refractivity contribution in [3.05, 3.63) is 17.6 Å². The van der Waals surface area contributed by atoms with Crippen molar-refractivity contribution in [2.45, 2.75) is 38.5 Å². The Morgan fingerprint density at radius 3 is 2.55 bits per heavy atom. The molecule has 0 bridgehead atoms. The lowest BCUT2D eigenvalue weighted by Gasteiger charge is -2.32. The molecular formula is C16H25N5O. The van der Waals surface area contributed by atoms with E-state index in [4.69, 9.17) is 10.7 Å². The lowest BCUT2D eigenvalue weighted by molar-refractivity contribution is -0.122. The maximum atomic E-state index is 11.3. The molecular weight excluding hydrogens is 278 g/mol. The van der Waals surface area contributed by atoms with Crippen LogP contribution in [-0.4, -0.2) is 42.1 Å². The van der Waals surface area contributed by atoms with Crippen LogP contribution in [0.2, 0.25) is 0 Å². The Labute approximate surface area is 131 Å². The summed E-state index contributed by atoms with van der Waals surface area (Å²) in [5, 5.41) is 3.38. The number of piperidine rings is 2. The Hall–Kier alpha value is -1.69. The second-order valence-corrected chi connectivity index (χ2v) is 6.41. The maximum absolute atomic E-state index is 11.3. The van der Waals surface area contributed by atoms with Crippen LogP contribution in [0.3, 0.4) is 0 Å². The molecule has 6 nitrogen and oxygen atoms in total. The van der Waals surface area contributed by atoms with E-state index in [0.29, 0.717) is 5.92 Å². The topological polar surface area (TPSA) is 84.1 Å². The van der Waals surface area contributed by atoms with E-state index in [1.54, 1.807) is 0 Å². The SMILES string of the molecule is Cc1cc(N2CCC(C(N)=O)CC2)nc(C2CCNCC2)n1. The van der Waals surface area contributed by atoms with Gasteiger partial charge in [-0.05, 0) is 45.7 Å². The number of nitrogens with zero attached hydrogens (tertiary/aromatic N) is 3. The number of carbonyl (C=O) groups excluding carboxylic acids is 1. The fourth-order valence-corrected chi connectivity index (χ4v) is 3.39. The number of rotatable bonds is 3. The van der Waals surface area contributed by atoms with Gasteiger partial charge in [0.25, 0.3) is 0 Å². The van der Waals surface area contributed by atoms with Crippen molar-refractivity contribution in [2.24, 2.45) is 11.7 Å². The molecule has 0 radical (unpaired) electrons. The zero-order valence-electron chi connectivity index (χ0n) is 13.2. The van der Waals surface area contributed by atoms with Crippen molar-refractivity contribution in [3.63, 3.8) is 0 Å². The lowest BCUT2D eigenvalue weighted by atomic mass is 9.96. The molecule has 2 fully saturated rings. The number of anilines is 1. The van der Waals surface area contributed by atoms with Crippen LogP contribution in [0.4, 0.5) is 5.82 Å². The predicted octanol–water partition coefficient (Wildman–Crippen LogP) is 0.954. The molecule has 3 N–H and O–H groups in total. The van der Waals surface area contributed by atoms with Gasteiger partial charge in [0, 0.05) is 36.7 Å². The molecule has 0 aliphatic carbocycles. The summed E-state index contributed by atoms with van der Waals surface area (Å²) in [6, 6.07) is 2.05. The number of aromatic nitrogens is 2. The second-order valence-electron chi connectivity index (χ2n) is 6.41. The minimum absolute atomic E-state index is 0.0167. The Bertz CT molecular complexity index is 533. The van der Waals surface area contributed by atoms with Gasteiger partial charge in [-0.3, -0.25) is 4.79 Å². The van der Waals surface area contributed by atoms with Crippen LogP contribution in [0.5, 0.6) is 0 Å². The third-order valence-corrected chi connectivity index (χ3v) is 4.78. The zero-order chi connectivity index (χ0) is 15.5. The number of carbonyl (C=O) groups is 1. The van der Waals surface area contributed by atoms with Gasteiger partial charge in [-0.25, -0.2) is 9.97 Å². The first-order valence-corrected chi connectivity index (χ1v) is 8.24. The summed E-state index contributed by atoms with van der Waals surface area (Å²) in [6.07, 6.45) is 3.85. The molecule has 1 aromatic rings. The molecule has 1 amide bonds. The molecule has 0 atom stereocenters. The molecule has 6 heteroatoms. The van der Waals surface area contributed by atoms with Gasteiger partial charge in [-0.1, -0.05) is 0 Å². The van der Waals surface area contributed by atoms with Crippen molar-refractivity contribution >= 4 is 11.7 Å². The highest BCUT2D eigenvalue weighted by atomic mass is 16.1. The van der Waals surface area contributed by atoms with Crippen LogP contribution >= 0.6 is 0 Å². The minimum Gasteiger partial charge on any atom is -0.369 e. The normalized spacial score (nSPS) is 21.0. The van der Waals surface area contributed by atoms with Gasteiger partial charge in [-0.15, -0.1) is 0 Å². The first-order chi connectivity index (χ1) is 10.6. The molecule has 1 aromatic heterocycles. The van der Waals surface area contributed by atoms with Gasteiger partial charge in [0.2, 0.25) is 5.91 Å². The average molecular weight is 303 g/mol. The fraction of sp³-hybridized carbons (Fsp3) is 0.688. The Morgan fingerprint density at radius 1 is 1.23 bits per heavy atom. The highest BCUT2D eigenvalue weighted by molar-refractivity contribution is 5.76. The Morgan fingerprint density at radius 2 is 1.91 bits per heavy atom. The highest BCUT2D eigenvalue weighted by Crippen LogP contribution is 2.26. The second kappa shape index (κ2) is 6.60. The van der Waals surface area contributed by atoms with Crippen molar-refractivity contribution in [3.8, 4) is 0 Å². The summed E-state index contributed by atoms with van der Waals surface area (Å²) in [6.45, 7) is 5.81. The fourth-order valence-electron chi connectivity index (χ4n) is 3.39. The summed E-state index contributed by atoms with van der Waals surface area (Å²) >= 11 is 0. The monoisotopic (exact) mass is 303 g/mol. The standard InChI is InChI=1S/C16H25N5O/c1-11-10-14(21-8-4-12(5-9-21)15(17)22)20-16(19-11)13-2-6-18-7-3-13/h10,12-13,18H,2-9H2,1H3,(H2,17,22). The summed E-state index contributed by atoms with van der Waals surface area (Å²) < 4.78 is 0. The third kappa shape index (κ3) is 3.38. The molecule has 0 aromatic carbocycles. The van der Waals surface area contributed by atoms with Crippen LogP contribution in [0.25, 0.3) is 0 Å². The predicted molar refractivity (Wildman–Crippen MR) is 85.7 cm³/mol. The van der Waals surface area contributed by atoms with Crippen molar-refractivity contribution in [1.29, 1.82) is 0 Å². The van der Waals surface area contributed by atoms with E-state index in [1.165, 1.54) is 0 Å². The van der Waals surface area contributed by atoms with Gasteiger partial charge >= 0.3 is 0 Å². The highest BCUT2D eigenvalue weighted by Gasteiger charge is 2.25. The molecule has 0 saturated carbocycles. The van der Waals surface area contributed by atoms with Gasteiger partial charge < -0.3 is 16.0 Å². The number of aryl methyl sites for hydroxylation is 1. The van der Waals surface area contributed by atoms with E-state index in [-0.39, 0.29) is 11.8 Å². The van der Waals surface area contributed by atoms with Crippen LogP contribution in [0.1, 0.15) is 43.1 Å². The number of nitrogens with two attached hydrogens (primary N) is 1. The molecule has 120 valence electrons. The minimum atomic E-state index is -0.172. The quantitative estimate of drug-likeness (QED) is 0.868. The number of hydrogen-bond donors (Lipinski definition) is 2. The Kier molecular flexibility index (Phi) is 4.57. The lowest BCUT2D eigenvalue weighted by Crippen LogP contribution is -2.39. The number of nitrogens with one attached hydrogen (secondary N) is 1. The maximum Gasteiger partial charge on any atom is 0.220 e. The third-order valence-electron chi connectivity index (χ3n) is 4.78. The van der Waals surface area contributed by atoms with E-state index in [0.717, 1.165) is 69.2 Å². The summed E-state index contributed by atoms with van der Waals surface area (Å²) in [5.41, 5.74) is 6.43. The molecule has 0 unspecified atom stereocenters. The first kappa shape index (κ1) is 15.2. The average Bonchev–Trinajstić information content (AvgIpc) is 2.55. The van der Waals surface area contributed by atoms with Gasteiger partial charge in [0.1, 0.15) is 11.6 Å². The van der Waals surface area contributed by atoms with Gasteiger partial charge in [0.15, 0.2) is 0 Å². The van der Waals surface area contributed by atoms with Crippen molar-refractivity contribution in [1.82, 2.24) is 15.3 Å². The van der Waals surface area contributed by atoms with Crippen molar-refractivity contribution in [2.75, 3.05) is 31.1 Å². The van der Waals surface area contributed by atoms with Crippen LogP contribution < -0.4 is 16.0 Å². The number of amides is 1. The van der Waals surface area contributed by atoms with E-state index < -0.39 is 0 Å². The van der Waals surface area contributed by atoms with Gasteiger partial charge in [0.05, 0.1) is 0 Å². The molecule has 2 saturated heterocycles. The first-order valence-electron chi connectivity index (χ1n) is 8.24. The van der Waals surface area contributed by atoms with E-state index in [1.807, 2.05) is 6.92 Å². The Balaban J connectivity index is 1.74. The largest absolute Gasteiger partial charge is 0.369 e. The smallest absolute Gasteiger partial charge is 0.220 e. The van der Waals surface area contributed by atoms with Crippen LogP contribution in [0, 0.1) is 12.8 Å². The molecule has 0 spiro atoms. The summed E-state index contributed by atoms with van der Waals surface area (Å²) in [4.78, 5) is 23.0. The number of primary amides is 1. The van der Waals surface area contributed by atoms with Crippen LogP contribution in [-0.2, 0) is 4.79 Å².